The second kappa shape index (κ2) is 5.20. The number of nitriles is 1. The van der Waals surface area contributed by atoms with Crippen LogP contribution < -0.4 is 5.32 Å². The fourth-order valence-electron chi connectivity index (χ4n) is 3.16. The van der Waals surface area contributed by atoms with Crippen LogP contribution in [0.3, 0.4) is 0 Å². The van der Waals surface area contributed by atoms with Gasteiger partial charge in [-0.1, -0.05) is 25.4 Å². The van der Waals surface area contributed by atoms with Crippen LogP contribution in [-0.4, -0.2) is 5.54 Å². The monoisotopic (exact) mass is 262 g/mol. The Kier molecular flexibility index (Phi) is 3.82. The first kappa shape index (κ1) is 13.2. The van der Waals surface area contributed by atoms with Crippen LogP contribution in [0.25, 0.3) is 0 Å². The van der Waals surface area contributed by atoms with E-state index in [0.29, 0.717) is 11.8 Å². The van der Waals surface area contributed by atoms with Gasteiger partial charge in [-0.25, -0.2) is 0 Å². The van der Waals surface area contributed by atoms with Gasteiger partial charge in [0.25, 0.3) is 0 Å². The Labute approximate surface area is 114 Å². The molecular weight excluding hydrogens is 244 g/mol. The van der Waals surface area contributed by atoms with Crippen LogP contribution in [-0.2, 0) is 0 Å². The summed E-state index contributed by atoms with van der Waals surface area (Å²) in [7, 11) is 0. The first-order chi connectivity index (χ1) is 8.53. The summed E-state index contributed by atoms with van der Waals surface area (Å²) in [6.45, 7) is 4.45. The van der Waals surface area contributed by atoms with Crippen molar-refractivity contribution in [2.75, 3.05) is 5.32 Å². The summed E-state index contributed by atoms with van der Waals surface area (Å²) in [6, 6.07) is 10.1. The average Bonchev–Trinajstić information content (AvgIpc) is 2.31. The molecule has 0 spiro atoms. The molecule has 18 heavy (non-hydrogen) atoms. The number of benzene rings is 1. The van der Waals surface area contributed by atoms with Crippen molar-refractivity contribution in [1.29, 1.82) is 5.26 Å². The third kappa shape index (κ3) is 2.97. The van der Waals surface area contributed by atoms with Crippen LogP contribution in [0.1, 0.15) is 33.1 Å². The molecule has 0 saturated heterocycles. The Morgan fingerprint density at radius 1 is 1.22 bits per heavy atom. The molecule has 1 aromatic rings. The fourth-order valence-corrected chi connectivity index (χ4v) is 3.28. The van der Waals surface area contributed by atoms with Crippen molar-refractivity contribution in [3.63, 3.8) is 0 Å². The second-order valence-electron chi connectivity index (χ2n) is 5.68. The minimum Gasteiger partial charge on any atom is -0.367 e. The molecule has 0 amide bonds. The number of hydrogen-bond acceptors (Lipinski definition) is 2. The minimum absolute atomic E-state index is 0.426. The highest BCUT2D eigenvalue weighted by Gasteiger charge is 2.38. The van der Waals surface area contributed by atoms with E-state index in [2.05, 4.69) is 25.2 Å². The van der Waals surface area contributed by atoms with E-state index in [1.54, 1.807) is 0 Å². The van der Waals surface area contributed by atoms with Crippen molar-refractivity contribution >= 4 is 17.3 Å². The Morgan fingerprint density at radius 2 is 1.78 bits per heavy atom. The van der Waals surface area contributed by atoms with Crippen molar-refractivity contribution in [3.05, 3.63) is 29.3 Å². The van der Waals surface area contributed by atoms with Gasteiger partial charge >= 0.3 is 0 Å². The lowest BCUT2D eigenvalue weighted by Gasteiger charge is -2.39. The number of nitrogens with zero attached hydrogens (tertiary/aromatic N) is 1. The van der Waals surface area contributed by atoms with Crippen molar-refractivity contribution < 1.29 is 0 Å². The molecule has 96 valence electrons. The summed E-state index contributed by atoms with van der Waals surface area (Å²) in [5, 5.41) is 13.7. The molecule has 2 nitrogen and oxygen atoms in total. The van der Waals surface area contributed by atoms with Crippen LogP contribution in [0.5, 0.6) is 0 Å². The van der Waals surface area contributed by atoms with Crippen molar-refractivity contribution in [2.45, 2.75) is 38.6 Å². The molecule has 2 atom stereocenters. The fraction of sp³-hybridized carbons (Fsp3) is 0.533. The van der Waals surface area contributed by atoms with Gasteiger partial charge in [0, 0.05) is 10.7 Å². The maximum absolute atomic E-state index is 9.55. The predicted molar refractivity (Wildman–Crippen MR) is 75.6 cm³/mol. The van der Waals surface area contributed by atoms with Crippen LogP contribution in [0.2, 0.25) is 5.02 Å². The van der Waals surface area contributed by atoms with E-state index < -0.39 is 5.54 Å². The van der Waals surface area contributed by atoms with E-state index in [1.165, 1.54) is 6.42 Å². The number of nitrogens with one attached hydrogen (secondary N) is 1. The van der Waals surface area contributed by atoms with Gasteiger partial charge in [0.15, 0.2) is 0 Å². The molecule has 0 bridgehead atoms. The molecule has 1 aliphatic rings. The zero-order valence-corrected chi connectivity index (χ0v) is 11.7. The molecule has 0 aliphatic heterocycles. The highest BCUT2D eigenvalue weighted by molar-refractivity contribution is 6.30. The molecule has 3 heteroatoms. The van der Waals surface area contributed by atoms with E-state index in [0.717, 1.165) is 23.6 Å². The minimum atomic E-state index is -0.426. The number of anilines is 1. The van der Waals surface area contributed by atoms with Gasteiger partial charge in [-0.05, 0) is 55.4 Å². The van der Waals surface area contributed by atoms with E-state index in [1.807, 2.05) is 24.3 Å². The Hall–Kier alpha value is -1.20. The third-order valence-electron chi connectivity index (χ3n) is 3.64. The number of hydrogen-bond donors (Lipinski definition) is 1. The lowest BCUT2D eigenvalue weighted by atomic mass is 9.72. The lowest BCUT2D eigenvalue weighted by molar-refractivity contribution is 0.240. The SMILES string of the molecule is CC1CC(C)CC(C#N)(Nc2ccc(Cl)cc2)C1. The quantitative estimate of drug-likeness (QED) is 0.854. The van der Waals surface area contributed by atoms with E-state index >= 15 is 0 Å². The summed E-state index contributed by atoms with van der Waals surface area (Å²) < 4.78 is 0. The average molecular weight is 263 g/mol. The summed E-state index contributed by atoms with van der Waals surface area (Å²) in [5.41, 5.74) is 0.549. The van der Waals surface area contributed by atoms with Gasteiger partial charge in [-0.15, -0.1) is 0 Å². The number of rotatable bonds is 2. The standard InChI is InChI=1S/C15H19ClN2/c1-11-7-12(2)9-15(8-11,10-17)18-14-5-3-13(16)4-6-14/h3-6,11-12,18H,7-9H2,1-2H3. The van der Waals surface area contributed by atoms with E-state index in [9.17, 15) is 5.26 Å². The highest BCUT2D eigenvalue weighted by atomic mass is 35.5. The summed E-state index contributed by atoms with van der Waals surface area (Å²) in [6.07, 6.45) is 3.04. The van der Waals surface area contributed by atoms with Gasteiger partial charge in [0.05, 0.1) is 6.07 Å². The van der Waals surface area contributed by atoms with Crippen molar-refractivity contribution in [3.8, 4) is 6.07 Å². The second-order valence-corrected chi connectivity index (χ2v) is 6.12. The van der Waals surface area contributed by atoms with Gasteiger partial charge in [0.2, 0.25) is 0 Å². The molecule has 1 N–H and O–H groups in total. The van der Waals surface area contributed by atoms with Crippen molar-refractivity contribution in [1.82, 2.24) is 0 Å². The lowest BCUT2D eigenvalue weighted by Crippen LogP contribution is -2.43. The molecule has 1 aliphatic carbocycles. The molecule has 2 rings (SSSR count). The van der Waals surface area contributed by atoms with Crippen LogP contribution >= 0.6 is 11.6 Å². The van der Waals surface area contributed by atoms with Crippen LogP contribution in [0.15, 0.2) is 24.3 Å². The number of halogens is 1. The summed E-state index contributed by atoms with van der Waals surface area (Å²) in [5.74, 6) is 1.18. The van der Waals surface area contributed by atoms with Crippen LogP contribution in [0, 0.1) is 23.2 Å². The maximum Gasteiger partial charge on any atom is 0.125 e. The first-order valence-corrected chi connectivity index (χ1v) is 6.86. The third-order valence-corrected chi connectivity index (χ3v) is 3.89. The largest absolute Gasteiger partial charge is 0.367 e. The molecule has 0 aromatic heterocycles. The van der Waals surface area contributed by atoms with Gasteiger partial charge in [-0.2, -0.15) is 5.26 Å². The molecule has 1 fully saturated rings. The molecule has 1 saturated carbocycles. The summed E-state index contributed by atoms with van der Waals surface area (Å²) >= 11 is 5.88. The topological polar surface area (TPSA) is 35.8 Å². The van der Waals surface area contributed by atoms with Crippen molar-refractivity contribution in [2.24, 2.45) is 11.8 Å². The zero-order chi connectivity index (χ0) is 13.2. The van der Waals surface area contributed by atoms with Gasteiger partial charge < -0.3 is 5.32 Å². The first-order valence-electron chi connectivity index (χ1n) is 6.48. The molecular formula is C15H19ClN2. The zero-order valence-electron chi connectivity index (χ0n) is 10.9. The molecule has 0 heterocycles. The van der Waals surface area contributed by atoms with Crippen LogP contribution in [0.4, 0.5) is 5.69 Å². The Morgan fingerprint density at radius 3 is 2.28 bits per heavy atom. The van der Waals surface area contributed by atoms with Gasteiger partial charge in [0.1, 0.15) is 5.54 Å². The smallest absolute Gasteiger partial charge is 0.125 e. The van der Waals surface area contributed by atoms with Gasteiger partial charge in [-0.3, -0.25) is 0 Å². The maximum atomic E-state index is 9.55. The molecule has 0 radical (unpaired) electrons. The summed E-state index contributed by atoms with van der Waals surface area (Å²) in [4.78, 5) is 0. The molecule has 1 aromatic carbocycles. The Bertz CT molecular complexity index is 437. The Balaban J connectivity index is 2.18. The predicted octanol–water partition coefficient (Wildman–Crippen LogP) is 4.47. The molecule has 2 unspecified atom stereocenters. The van der Waals surface area contributed by atoms with E-state index in [-0.39, 0.29) is 0 Å². The van der Waals surface area contributed by atoms with E-state index in [4.69, 9.17) is 11.6 Å². The highest BCUT2D eigenvalue weighted by Crippen LogP contribution is 2.37. The normalized spacial score (nSPS) is 31.7.